The quantitative estimate of drug-likeness (QED) is 0.694. The van der Waals surface area contributed by atoms with Crippen molar-refractivity contribution in [3.05, 3.63) is 90.0 Å². The van der Waals surface area contributed by atoms with Gasteiger partial charge in [0.1, 0.15) is 18.1 Å². The molecular formula is C23H18N2O3. The van der Waals surface area contributed by atoms with Gasteiger partial charge in [-0.15, -0.1) is 0 Å². The number of carbonyl (C=O) groups is 1. The first-order chi connectivity index (χ1) is 13.8. The largest absolute Gasteiger partial charge is 0.489 e. The van der Waals surface area contributed by atoms with Crippen molar-refractivity contribution in [1.29, 1.82) is 5.26 Å². The number of ether oxygens (including phenoxy) is 2. The number of nitrogens with zero attached hydrogens (tertiary/aromatic N) is 2. The van der Waals surface area contributed by atoms with Crippen LogP contribution < -0.4 is 14.4 Å². The standard InChI is InChI=1S/C23H18N2O3/c24-14-17-10-12-19(13-11-17)27-16-23(26)25-20-8-4-5-9-22(20)28-15-21(25)18-6-2-1-3-7-18/h1-13,21H,15-16H2. The smallest absolute Gasteiger partial charge is 0.265 e. The highest BCUT2D eigenvalue weighted by molar-refractivity contribution is 5.97. The zero-order chi connectivity index (χ0) is 19.3. The number of anilines is 1. The maximum Gasteiger partial charge on any atom is 0.265 e. The molecule has 0 fully saturated rings. The summed E-state index contributed by atoms with van der Waals surface area (Å²) in [6, 6.07) is 25.9. The van der Waals surface area contributed by atoms with Gasteiger partial charge in [0.05, 0.1) is 23.4 Å². The summed E-state index contributed by atoms with van der Waals surface area (Å²) in [7, 11) is 0. The molecule has 5 nitrogen and oxygen atoms in total. The molecule has 3 aromatic carbocycles. The van der Waals surface area contributed by atoms with Gasteiger partial charge in [0.15, 0.2) is 6.61 Å². The number of hydrogen-bond acceptors (Lipinski definition) is 4. The van der Waals surface area contributed by atoms with Crippen LogP contribution >= 0.6 is 0 Å². The molecule has 138 valence electrons. The van der Waals surface area contributed by atoms with Crippen LogP contribution in [0.5, 0.6) is 11.5 Å². The number of benzene rings is 3. The van der Waals surface area contributed by atoms with Gasteiger partial charge in [-0.05, 0) is 42.0 Å². The van der Waals surface area contributed by atoms with Gasteiger partial charge in [0.25, 0.3) is 5.91 Å². The van der Waals surface area contributed by atoms with E-state index in [1.807, 2.05) is 54.6 Å². The van der Waals surface area contributed by atoms with E-state index < -0.39 is 0 Å². The monoisotopic (exact) mass is 370 g/mol. The number of carbonyl (C=O) groups excluding carboxylic acids is 1. The van der Waals surface area contributed by atoms with Crippen molar-refractivity contribution >= 4 is 11.6 Å². The van der Waals surface area contributed by atoms with Crippen molar-refractivity contribution in [3.63, 3.8) is 0 Å². The van der Waals surface area contributed by atoms with Crippen LogP contribution in [0.3, 0.4) is 0 Å². The van der Waals surface area contributed by atoms with Crippen molar-refractivity contribution in [3.8, 4) is 17.6 Å². The topological polar surface area (TPSA) is 62.6 Å². The molecule has 0 saturated heterocycles. The van der Waals surface area contributed by atoms with E-state index in [2.05, 4.69) is 6.07 Å². The van der Waals surface area contributed by atoms with Gasteiger partial charge in [-0.1, -0.05) is 42.5 Å². The van der Waals surface area contributed by atoms with E-state index in [0.717, 1.165) is 11.3 Å². The lowest BCUT2D eigenvalue weighted by molar-refractivity contribution is -0.121. The molecule has 0 saturated carbocycles. The van der Waals surface area contributed by atoms with E-state index in [-0.39, 0.29) is 18.6 Å². The summed E-state index contributed by atoms with van der Waals surface area (Å²) in [5.74, 6) is 1.07. The van der Waals surface area contributed by atoms with Crippen LogP contribution in [0.2, 0.25) is 0 Å². The Hall–Kier alpha value is -3.78. The normalized spacial score (nSPS) is 15.1. The fourth-order valence-electron chi connectivity index (χ4n) is 3.26. The molecule has 0 spiro atoms. The molecule has 0 radical (unpaired) electrons. The summed E-state index contributed by atoms with van der Waals surface area (Å²) in [4.78, 5) is 14.9. The Bertz CT molecular complexity index is 1010. The lowest BCUT2D eigenvalue weighted by atomic mass is 10.0. The molecule has 28 heavy (non-hydrogen) atoms. The molecule has 4 rings (SSSR count). The first kappa shape index (κ1) is 17.6. The van der Waals surface area contributed by atoms with Crippen LogP contribution in [0.4, 0.5) is 5.69 Å². The third-order valence-electron chi connectivity index (χ3n) is 4.63. The average molecular weight is 370 g/mol. The first-order valence-corrected chi connectivity index (χ1v) is 8.98. The number of para-hydroxylation sites is 2. The Morgan fingerprint density at radius 2 is 1.75 bits per heavy atom. The third-order valence-corrected chi connectivity index (χ3v) is 4.63. The van der Waals surface area contributed by atoms with Gasteiger partial charge >= 0.3 is 0 Å². The molecule has 1 amide bonds. The molecule has 1 heterocycles. The molecule has 0 N–H and O–H groups in total. The van der Waals surface area contributed by atoms with E-state index >= 15 is 0 Å². The van der Waals surface area contributed by atoms with Crippen LogP contribution in [0.1, 0.15) is 17.2 Å². The minimum absolute atomic E-state index is 0.108. The van der Waals surface area contributed by atoms with Crippen LogP contribution in [0.25, 0.3) is 0 Å². The summed E-state index contributed by atoms with van der Waals surface area (Å²) in [6.07, 6.45) is 0. The molecule has 1 unspecified atom stereocenters. The van der Waals surface area contributed by atoms with E-state index in [0.29, 0.717) is 23.7 Å². The second kappa shape index (κ2) is 7.85. The average Bonchev–Trinajstić information content (AvgIpc) is 2.77. The molecule has 0 bridgehead atoms. The van der Waals surface area contributed by atoms with Gasteiger partial charge in [-0.25, -0.2) is 0 Å². The van der Waals surface area contributed by atoms with E-state index in [4.69, 9.17) is 14.7 Å². The minimum Gasteiger partial charge on any atom is -0.489 e. The number of nitriles is 1. The van der Waals surface area contributed by atoms with Crippen molar-refractivity contribution in [2.45, 2.75) is 6.04 Å². The molecular weight excluding hydrogens is 352 g/mol. The van der Waals surface area contributed by atoms with E-state index in [1.165, 1.54) is 0 Å². The Morgan fingerprint density at radius 1 is 1.04 bits per heavy atom. The number of amides is 1. The lowest BCUT2D eigenvalue weighted by Gasteiger charge is -2.37. The molecule has 0 aromatic heterocycles. The minimum atomic E-state index is -0.229. The first-order valence-electron chi connectivity index (χ1n) is 8.98. The number of hydrogen-bond donors (Lipinski definition) is 0. The molecule has 3 aromatic rings. The molecule has 1 atom stereocenters. The summed E-state index contributed by atoms with van der Waals surface area (Å²) >= 11 is 0. The number of rotatable bonds is 4. The fourth-order valence-corrected chi connectivity index (χ4v) is 3.26. The maximum absolute atomic E-state index is 13.1. The Balaban J connectivity index is 1.59. The van der Waals surface area contributed by atoms with Crippen LogP contribution in [-0.4, -0.2) is 19.1 Å². The highest BCUT2D eigenvalue weighted by Gasteiger charge is 2.33. The van der Waals surface area contributed by atoms with Crippen LogP contribution in [-0.2, 0) is 4.79 Å². The summed E-state index contributed by atoms with van der Waals surface area (Å²) in [5.41, 5.74) is 2.28. The second-order valence-corrected chi connectivity index (χ2v) is 6.39. The van der Waals surface area contributed by atoms with Crippen molar-refractivity contribution in [1.82, 2.24) is 0 Å². The fraction of sp³-hybridized carbons (Fsp3) is 0.130. The third kappa shape index (κ3) is 3.53. The highest BCUT2D eigenvalue weighted by atomic mass is 16.5. The second-order valence-electron chi connectivity index (χ2n) is 6.39. The Labute approximate surface area is 163 Å². The SMILES string of the molecule is N#Cc1ccc(OCC(=O)N2c3ccccc3OCC2c2ccccc2)cc1. The Kier molecular flexibility index (Phi) is 4.94. The van der Waals surface area contributed by atoms with Crippen molar-refractivity contribution < 1.29 is 14.3 Å². The Morgan fingerprint density at radius 3 is 2.50 bits per heavy atom. The van der Waals surface area contributed by atoms with Crippen LogP contribution in [0.15, 0.2) is 78.9 Å². The van der Waals surface area contributed by atoms with Crippen molar-refractivity contribution in [2.24, 2.45) is 0 Å². The molecule has 1 aliphatic heterocycles. The van der Waals surface area contributed by atoms with E-state index in [1.54, 1.807) is 29.2 Å². The molecule has 5 heteroatoms. The summed E-state index contributed by atoms with van der Waals surface area (Å²) in [6.45, 7) is 0.271. The van der Waals surface area contributed by atoms with Gasteiger partial charge in [-0.3, -0.25) is 9.69 Å². The predicted octanol–water partition coefficient (Wildman–Crippen LogP) is 4.10. The predicted molar refractivity (Wildman–Crippen MR) is 105 cm³/mol. The van der Waals surface area contributed by atoms with Crippen molar-refractivity contribution in [2.75, 3.05) is 18.1 Å². The van der Waals surface area contributed by atoms with Gasteiger partial charge < -0.3 is 9.47 Å². The maximum atomic E-state index is 13.1. The van der Waals surface area contributed by atoms with Gasteiger partial charge in [-0.2, -0.15) is 5.26 Å². The zero-order valence-corrected chi connectivity index (χ0v) is 15.1. The molecule has 0 aliphatic carbocycles. The summed E-state index contributed by atoms with van der Waals surface area (Å²) < 4.78 is 11.6. The zero-order valence-electron chi connectivity index (χ0n) is 15.1. The molecule has 1 aliphatic rings. The van der Waals surface area contributed by atoms with Gasteiger partial charge in [0.2, 0.25) is 0 Å². The highest BCUT2D eigenvalue weighted by Crippen LogP contribution is 2.39. The number of fused-ring (bicyclic) bond motifs is 1. The van der Waals surface area contributed by atoms with E-state index in [9.17, 15) is 4.79 Å². The van der Waals surface area contributed by atoms with Crippen LogP contribution in [0, 0.1) is 11.3 Å². The lowest BCUT2D eigenvalue weighted by Crippen LogP contribution is -2.43. The summed E-state index contributed by atoms with van der Waals surface area (Å²) in [5, 5.41) is 8.88. The van der Waals surface area contributed by atoms with Gasteiger partial charge in [0, 0.05) is 0 Å².